The van der Waals surface area contributed by atoms with Crippen molar-refractivity contribution in [3.05, 3.63) is 22.1 Å². The van der Waals surface area contributed by atoms with Gasteiger partial charge >= 0.3 is 0 Å². The van der Waals surface area contributed by atoms with Crippen molar-refractivity contribution in [1.29, 1.82) is 0 Å². The van der Waals surface area contributed by atoms with E-state index in [9.17, 15) is 4.79 Å². The fourth-order valence-electron chi connectivity index (χ4n) is 2.66. The van der Waals surface area contributed by atoms with Gasteiger partial charge in [0, 0.05) is 18.0 Å². The third-order valence-corrected chi connectivity index (χ3v) is 3.24. The smallest absolute Gasteiger partial charge is 0.234 e. The number of nitrogens with zero attached hydrogens (tertiary/aromatic N) is 3. The summed E-state index contributed by atoms with van der Waals surface area (Å²) in [6.45, 7) is 5.04. The van der Waals surface area contributed by atoms with Crippen molar-refractivity contribution in [2.75, 3.05) is 13.1 Å². The lowest BCUT2D eigenvalue weighted by Gasteiger charge is -2.31. The molecule has 0 aromatic heterocycles. The molecule has 1 amide bonds. The number of nitrogens with one attached hydrogen (secondary N) is 1. The highest BCUT2D eigenvalue weighted by molar-refractivity contribution is 5.80. The highest BCUT2D eigenvalue weighted by Gasteiger charge is 2.29. The molecule has 1 aliphatic rings. The molecule has 0 saturated heterocycles. The second-order valence-electron chi connectivity index (χ2n) is 4.98. The Bertz CT molecular complexity index is 373. The van der Waals surface area contributed by atoms with Crippen LogP contribution in [0, 0.1) is 11.8 Å². The fraction of sp³-hybridized carbons (Fsp3) is 0.750. The molecule has 3 atom stereocenters. The zero-order chi connectivity index (χ0) is 13.5. The molecule has 0 fully saturated rings. The summed E-state index contributed by atoms with van der Waals surface area (Å²) in [6, 6.07) is -0.343. The first-order valence-corrected chi connectivity index (χ1v) is 6.25. The monoisotopic (exact) mass is 251 g/mol. The van der Waals surface area contributed by atoms with E-state index in [-0.39, 0.29) is 17.9 Å². The zero-order valence-corrected chi connectivity index (χ0v) is 11.0. The van der Waals surface area contributed by atoms with Crippen LogP contribution in [0.1, 0.15) is 26.7 Å². The number of hydrogen-bond acceptors (Lipinski definition) is 3. The van der Waals surface area contributed by atoms with E-state index in [1.54, 1.807) is 0 Å². The van der Waals surface area contributed by atoms with Crippen LogP contribution in [-0.2, 0) is 4.79 Å². The quantitative estimate of drug-likeness (QED) is 0.247. The first-order valence-electron chi connectivity index (χ1n) is 6.25. The van der Waals surface area contributed by atoms with Crippen molar-refractivity contribution in [1.82, 2.24) is 5.32 Å². The van der Waals surface area contributed by atoms with Crippen LogP contribution in [0.2, 0.25) is 0 Å². The molecule has 18 heavy (non-hydrogen) atoms. The van der Waals surface area contributed by atoms with Crippen LogP contribution >= 0.6 is 0 Å². The van der Waals surface area contributed by atoms with Gasteiger partial charge in [-0.3, -0.25) is 4.79 Å². The molecule has 0 heterocycles. The van der Waals surface area contributed by atoms with Crippen LogP contribution in [0.4, 0.5) is 0 Å². The van der Waals surface area contributed by atoms with Gasteiger partial charge in [0.2, 0.25) is 5.91 Å². The fourth-order valence-corrected chi connectivity index (χ4v) is 2.66. The summed E-state index contributed by atoms with van der Waals surface area (Å²) in [5.41, 5.74) is 14.9. The molecule has 0 bridgehead atoms. The first kappa shape index (κ1) is 14.5. The Hall–Kier alpha value is -1.52. The molecule has 3 N–H and O–H groups in total. The molecule has 0 aliphatic heterocycles. The Kier molecular flexibility index (Phi) is 5.68. The first-order chi connectivity index (χ1) is 8.54. The summed E-state index contributed by atoms with van der Waals surface area (Å²) in [4.78, 5) is 14.2. The predicted octanol–water partition coefficient (Wildman–Crippen LogP) is 1.73. The molecule has 1 rings (SSSR count). The molecule has 1 aliphatic carbocycles. The third kappa shape index (κ3) is 4.39. The maximum absolute atomic E-state index is 11.5. The molecule has 0 aromatic rings. The van der Waals surface area contributed by atoms with Gasteiger partial charge in [-0.05, 0) is 37.1 Å². The summed E-state index contributed by atoms with van der Waals surface area (Å²) in [7, 11) is 0. The largest absolute Gasteiger partial charge is 0.368 e. The topological polar surface area (TPSA) is 104 Å². The van der Waals surface area contributed by atoms with E-state index < -0.39 is 0 Å². The molecule has 0 radical (unpaired) electrons. The lowest BCUT2D eigenvalue weighted by Crippen LogP contribution is -2.48. The summed E-state index contributed by atoms with van der Waals surface area (Å²) in [5.74, 6) is 0.376. The van der Waals surface area contributed by atoms with Gasteiger partial charge in [0.1, 0.15) is 0 Å². The van der Waals surface area contributed by atoms with Crippen molar-refractivity contribution in [2.45, 2.75) is 32.7 Å². The van der Waals surface area contributed by atoms with Gasteiger partial charge < -0.3 is 11.1 Å². The Balaban J connectivity index is 2.59. The van der Waals surface area contributed by atoms with Gasteiger partial charge in [-0.2, -0.15) is 0 Å². The number of rotatable bonds is 6. The van der Waals surface area contributed by atoms with Crippen LogP contribution in [0.15, 0.2) is 16.8 Å². The lowest BCUT2D eigenvalue weighted by atomic mass is 9.79. The predicted molar refractivity (Wildman–Crippen MR) is 70.6 cm³/mol. The van der Waals surface area contributed by atoms with E-state index in [0.717, 1.165) is 12.8 Å². The van der Waals surface area contributed by atoms with E-state index in [2.05, 4.69) is 35.3 Å². The second kappa shape index (κ2) is 7.03. The Morgan fingerprint density at radius 2 is 2.50 bits per heavy atom. The van der Waals surface area contributed by atoms with E-state index in [1.165, 1.54) is 5.57 Å². The number of carbonyl (C=O) groups excluding carboxylic acids is 1. The minimum atomic E-state index is -0.343. The minimum Gasteiger partial charge on any atom is -0.368 e. The number of nitrogens with two attached hydrogens (primary N) is 1. The lowest BCUT2D eigenvalue weighted by molar-refractivity contribution is -0.121. The molecule has 6 heteroatoms. The highest BCUT2D eigenvalue weighted by Crippen LogP contribution is 2.30. The summed E-state index contributed by atoms with van der Waals surface area (Å²) in [5, 5.41) is 6.53. The number of hydrogen-bond donors (Lipinski definition) is 2. The van der Waals surface area contributed by atoms with Crippen molar-refractivity contribution in [2.24, 2.45) is 22.7 Å². The number of azide groups is 1. The molecular weight excluding hydrogens is 230 g/mol. The summed E-state index contributed by atoms with van der Waals surface area (Å²) in [6.07, 6.45) is 4.10. The van der Waals surface area contributed by atoms with Crippen molar-refractivity contribution in [3.8, 4) is 0 Å². The average molecular weight is 251 g/mol. The minimum absolute atomic E-state index is 0.230. The molecular formula is C12H21N5O. The zero-order valence-electron chi connectivity index (χ0n) is 11.0. The van der Waals surface area contributed by atoms with Crippen molar-refractivity contribution >= 4 is 5.91 Å². The molecule has 6 nitrogen and oxygen atoms in total. The number of allylic oxidation sites excluding steroid dienone is 2. The van der Waals surface area contributed by atoms with Crippen LogP contribution in [0.5, 0.6) is 0 Å². The normalized spacial score (nSPS) is 24.9. The maximum Gasteiger partial charge on any atom is 0.234 e. The van der Waals surface area contributed by atoms with Crippen LogP contribution < -0.4 is 11.1 Å². The molecule has 0 aromatic carbocycles. The van der Waals surface area contributed by atoms with Crippen molar-refractivity contribution < 1.29 is 4.79 Å². The van der Waals surface area contributed by atoms with E-state index in [1.807, 2.05) is 0 Å². The van der Waals surface area contributed by atoms with Gasteiger partial charge in [-0.15, -0.1) is 0 Å². The standard InChI is InChI=1S/C12H21N5O/c1-8-5-9(2)7-10(6-8)11(12(13)18)15-3-4-16-17-14/h5,8,10-11,15H,3-4,6-7H2,1-2H3,(H2,13,18). The van der Waals surface area contributed by atoms with Gasteiger partial charge in [0.15, 0.2) is 0 Å². The Labute approximate surface area is 107 Å². The SMILES string of the molecule is CC1=CC(C)CC(C(NCCN=[N+]=[N-])C(N)=O)C1. The Morgan fingerprint density at radius 3 is 3.06 bits per heavy atom. The van der Waals surface area contributed by atoms with E-state index in [4.69, 9.17) is 11.3 Å². The highest BCUT2D eigenvalue weighted by atomic mass is 16.1. The molecule has 0 spiro atoms. The van der Waals surface area contributed by atoms with Crippen LogP contribution in [0.3, 0.4) is 0 Å². The van der Waals surface area contributed by atoms with Gasteiger partial charge in [-0.25, -0.2) is 0 Å². The summed E-state index contributed by atoms with van der Waals surface area (Å²) >= 11 is 0. The van der Waals surface area contributed by atoms with Gasteiger partial charge in [0.25, 0.3) is 0 Å². The van der Waals surface area contributed by atoms with Crippen molar-refractivity contribution in [3.63, 3.8) is 0 Å². The molecule has 3 unspecified atom stereocenters. The summed E-state index contributed by atoms with van der Waals surface area (Å²) < 4.78 is 0. The number of amides is 1. The molecule has 0 saturated carbocycles. The maximum atomic E-state index is 11.5. The van der Waals surface area contributed by atoms with Gasteiger partial charge in [-0.1, -0.05) is 23.7 Å². The van der Waals surface area contributed by atoms with E-state index in [0.29, 0.717) is 19.0 Å². The van der Waals surface area contributed by atoms with E-state index >= 15 is 0 Å². The number of carbonyl (C=O) groups is 1. The second-order valence-corrected chi connectivity index (χ2v) is 4.98. The molecule has 100 valence electrons. The van der Waals surface area contributed by atoms with Crippen LogP contribution in [-0.4, -0.2) is 25.0 Å². The third-order valence-electron chi connectivity index (χ3n) is 3.24. The van der Waals surface area contributed by atoms with Crippen LogP contribution in [0.25, 0.3) is 10.4 Å². The average Bonchev–Trinajstić information content (AvgIpc) is 2.27. The number of primary amides is 1. The Morgan fingerprint density at radius 1 is 1.78 bits per heavy atom. The van der Waals surface area contributed by atoms with Gasteiger partial charge in [0.05, 0.1) is 6.04 Å².